The van der Waals surface area contributed by atoms with E-state index in [4.69, 9.17) is 0 Å². The van der Waals surface area contributed by atoms with Crippen LogP contribution in [0.5, 0.6) is 0 Å². The van der Waals surface area contributed by atoms with Gasteiger partial charge in [0.05, 0.1) is 16.8 Å². The van der Waals surface area contributed by atoms with Gasteiger partial charge in [0.1, 0.15) is 6.54 Å². The molecule has 1 atom stereocenters. The van der Waals surface area contributed by atoms with Gasteiger partial charge in [-0.2, -0.15) is 13.2 Å². The van der Waals surface area contributed by atoms with Crippen LogP contribution >= 0.6 is 11.8 Å². The first-order valence-electron chi connectivity index (χ1n) is 8.18. The minimum Gasteiger partial charge on any atom is -0.333 e. The zero-order chi connectivity index (χ0) is 18.2. The summed E-state index contributed by atoms with van der Waals surface area (Å²) < 4.78 is 38.5. The Morgan fingerprint density at radius 3 is 2.80 bits per heavy atom. The van der Waals surface area contributed by atoms with Crippen LogP contribution in [0.15, 0.2) is 23.4 Å². The molecular weight excluding hydrogens is 351 g/mol. The van der Waals surface area contributed by atoms with Crippen molar-refractivity contribution in [3.63, 3.8) is 0 Å². The summed E-state index contributed by atoms with van der Waals surface area (Å²) in [4.78, 5) is 20.8. The van der Waals surface area contributed by atoms with Gasteiger partial charge in [0.25, 0.3) is 0 Å². The molecule has 4 nitrogen and oxygen atoms in total. The molecule has 0 saturated heterocycles. The van der Waals surface area contributed by atoms with Crippen molar-refractivity contribution in [2.45, 2.75) is 44.1 Å². The summed E-state index contributed by atoms with van der Waals surface area (Å²) in [5, 5.41) is 0.542. The molecule has 1 heterocycles. The summed E-state index contributed by atoms with van der Waals surface area (Å²) in [6.45, 7) is 2.48. The number of amides is 1. The van der Waals surface area contributed by atoms with Crippen LogP contribution in [0.25, 0.3) is 11.0 Å². The maximum atomic E-state index is 12.8. The number of benzene rings is 1. The molecule has 0 unspecified atom stereocenters. The molecule has 1 fully saturated rings. The highest BCUT2D eigenvalue weighted by atomic mass is 32.2. The first-order chi connectivity index (χ1) is 11.7. The largest absolute Gasteiger partial charge is 0.406 e. The highest BCUT2D eigenvalue weighted by Gasteiger charge is 2.40. The van der Waals surface area contributed by atoms with E-state index in [9.17, 15) is 18.0 Å². The number of rotatable bonds is 6. The van der Waals surface area contributed by atoms with Crippen LogP contribution in [-0.4, -0.2) is 45.3 Å². The number of halogens is 3. The molecule has 8 heteroatoms. The van der Waals surface area contributed by atoms with Crippen molar-refractivity contribution in [1.29, 1.82) is 0 Å². The number of H-pyrrole nitrogens is 1. The molecule has 1 amide bonds. The summed E-state index contributed by atoms with van der Waals surface area (Å²) >= 11 is 1.14. The van der Waals surface area contributed by atoms with Crippen molar-refractivity contribution in [2.75, 3.05) is 12.3 Å². The molecule has 1 aliphatic carbocycles. The average molecular weight is 371 g/mol. The third-order valence-corrected chi connectivity index (χ3v) is 5.27. The maximum Gasteiger partial charge on any atom is 0.406 e. The van der Waals surface area contributed by atoms with E-state index in [0.717, 1.165) is 46.1 Å². The molecule has 3 rings (SSSR count). The van der Waals surface area contributed by atoms with Gasteiger partial charge in [-0.1, -0.05) is 17.8 Å². The zero-order valence-corrected chi connectivity index (χ0v) is 14.9. The monoisotopic (exact) mass is 371 g/mol. The Morgan fingerprint density at radius 1 is 1.44 bits per heavy atom. The summed E-state index contributed by atoms with van der Waals surface area (Å²) in [5.41, 5.74) is 2.71. The summed E-state index contributed by atoms with van der Waals surface area (Å²) in [6, 6.07) is 5.37. The van der Waals surface area contributed by atoms with Gasteiger partial charge >= 0.3 is 6.18 Å². The van der Waals surface area contributed by atoms with E-state index in [0.29, 0.717) is 5.16 Å². The molecular formula is C17H20F3N3OS. The smallest absolute Gasteiger partial charge is 0.333 e. The number of fused-ring (bicyclic) bond motifs is 1. The lowest BCUT2D eigenvalue weighted by atomic mass is 10.2. The normalized spacial score (nSPS) is 16.2. The molecule has 25 heavy (non-hydrogen) atoms. The van der Waals surface area contributed by atoms with E-state index >= 15 is 0 Å². The number of aromatic amines is 1. The van der Waals surface area contributed by atoms with Crippen LogP contribution in [0.2, 0.25) is 0 Å². The van der Waals surface area contributed by atoms with Gasteiger partial charge < -0.3 is 9.88 Å². The minimum absolute atomic E-state index is 0.0635. The van der Waals surface area contributed by atoms with Crippen molar-refractivity contribution in [3.8, 4) is 0 Å². The second-order valence-electron chi connectivity index (χ2n) is 6.57. The van der Waals surface area contributed by atoms with E-state index in [1.165, 1.54) is 0 Å². The topological polar surface area (TPSA) is 49.0 Å². The fourth-order valence-electron chi connectivity index (χ4n) is 2.87. The number of nitrogens with zero attached hydrogens (tertiary/aromatic N) is 2. The SMILES string of the molecule is Cc1ccc2nc(SCC(=O)N(CC(F)(F)F)[C@H](C)C3CC3)[nH]c2c1. The van der Waals surface area contributed by atoms with Crippen LogP contribution < -0.4 is 0 Å². The fraction of sp³-hybridized carbons (Fsp3) is 0.529. The molecule has 1 aromatic carbocycles. The number of nitrogens with one attached hydrogen (secondary N) is 1. The molecule has 0 aliphatic heterocycles. The van der Waals surface area contributed by atoms with Gasteiger partial charge in [0.15, 0.2) is 5.16 Å². The van der Waals surface area contributed by atoms with Crippen LogP contribution in [0, 0.1) is 12.8 Å². The highest BCUT2D eigenvalue weighted by Crippen LogP contribution is 2.36. The minimum atomic E-state index is -4.39. The van der Waals surface area contributed by atoms with Crippen molar-refractivity contribution < 1.29 is 18.0 Å². The van der Waals surface area contributed by atoms with Gasteiger partial charge in [0, 0.05) is 6.04 Å². The van der Waals surface area contributed by atoms with Crippen LogP contribution in [0.4, 0.5) is 13.2 Å². The predicted octanol–water partition coefficient (Wildman–Crippen LogP) is 4.15. The number of aryl methyl sites for hydroxylation is 1. The predicted molar refractivity (Wildman–Crippen MR) is 91.5 cm³/mol. The molecule has 2 aromatic rings. The molecule has 1 N–H and O–H groups in total. The number of imidazole rings is 1. The third kappa shape index (κ3) is 4.68. The fourth-order valence-corrected chi connectivity index (χ4v) is 3.64. The Bertz CT molecular complexity index is 770. The second kappa shape index (κ2) is 6.90. The number of hydrogen-bond donors (Lipinski definition) is 1. The highest BCUT2D eigenvalue weighted by molar-refractivity contribution is 7.99. The van der Waals surface area contributed by atoms with Gasteiger partial charge in [0.2, 0.25) is 5.91 Å². The Labute approximate surface area is 148 Å². The number of alkyl halides is 3. The van der Waals surface area contributed by atoms with Gasteiger partial charge in [-0.3, -0.25) is 4.79 Å². The van der Waals surface area contributed by atoms with E-state index < -0.39 is 18.6 Å². The number of aromatic nitrogens is 2. The molecule has 1 aromatic heterocycles. The van der Waals surface area contributed by atoms with E-state index in [1.54, 1.807) is 6.92 Å². The maximum absolute atomic E-state index is 12.8. The van der Waals surface area contributed by atoms with Crippen LogP contribution in [-0.2, 0) is 4.79 Å². The number of carbonyl (C=O) groups is 1. The Hall–Kier alpha value is -1.70. The first-order valence-corrected chi connectivity index (χ1v) is 9.17. The third-order valence-electron chi connectivity index (χ3n) is 4.41. The van der Waals surface area contributed by atoms with E-state index in [1.807, 2.05) is 25.1 Å². The molecule has 136 valence electrons. The number of thioether (sulfide) groups is 1. The first kappa shape index (κ1) is 18.1. The van der Waals surface area contributed by atoms with Gasteiger partial charge in [-0.25, -0.2) is 4.98 Å². The molecule has 1 saturated carbocycles. The number of carbonyl (C=O) groups excluding carboxylic acids is 1. The lowest BCUT2D eigenvalue weighted by molar-refractivity contribution is -0.164. The standard InChI is InChI=1S/C17H20F3N3OS/c1-10-3-6-13-14(7-10)22-16(21-13)25-8-15(24)23(9-17(18,19)20)11(2)12-4-5-12/h3,6-7,11-12H,4-5,8-9H2,1-2H3,(H,21,22)/t11-/m1/s1. The van der Waals surface area contributed by atoms with Gasteiger partial charge in [-0.15, -0.1) is 0 Å². The van der Waals surface area contributed by atoms with Gasteiger partial charge in [-0.05, 0) is 50.3 Å². The molecule has 0 spiro atoms. The van der Waals surface area contributed by atoms with Crippen molar-refractivity contribution in [1.82, 2.24) is 14.9 Å². The average Bonchev–Trinajstić information content (AvgIpc) is 3.29. The Balaban J connectivity index is 1.67. The van der Waals surface area contributed by atoms with Crippen molar-refractivity contribution in [2.24, 2.45) is 5.92 Å². The van der Waals surface area contributed by atoms with Crippen LogP contribution in [0.1, 0.15) is 25.3 Å². The van der Waals surface area contributed by atoms with E-state index in [-0.39, 0.29) is 17.7 Å². The zero-order valence-electron chi connectivity index (χ0n) is 14.1. The molecule has 0 radical (unpaired) electrons. The molecule has 1 aliphatic rings. The summed E-state index contributed by atoms with van der Waals surface area (Å²) in [6.07, 6.45) is -2.61. The second-order valence-corrected chi connectivity index (χ2v) is 7.53. The quantitative estimate of drug-likeness (QED) is 0.776. The Kier molecular flexibility index (Phi) is 4.99. The lowest BCUT2D eigenvalue weighted by Crippen LogP contribution is -2.46. The molecule has 0 bridgehead atoms. The number of hydrogen-bond acceptors (Lipinski definition) is 3. The lowest BCUT2D eigenvalue weighted by Gasteiger charge is -2.30. The van der Waals surface area contributed by atoms with Crippen molar-refractivity contribution in [3.05, 3.63) is 23.8 Å². The van der Waals surface area contributed by atoms with Crippen molar-refractivity contribution >= 4 is 28.7 Å². The summed E-state index contributed by atoms with van der Waals surface area (Å²) in [7, 11) is 0. The Morgan fingerprint density at radius 2 is 2.16 bits per heavy atom. The van der Waals surface area contributed by atoms with Crippen LogP contribution in [0.3, 0.4) is 0 Å². The van der Waals surface area contributed by atoms with E-state index in [2.05, 4.69) is 9.97 Å². The summed E-state index contributed by atoms with van der Waals surface area (Å²) in [5.74, 6) is -0.379.